The van der Waals surface area contributed by atoms with Gasteiger partial charge in [-0.1, -0.05) is 43.3 Å². The largest absolute Gasteiger partial charge is 0.497 e. The number of ether oxygens (including phenoxy) is 1. The van der Waals surface area contributed by atoms with Crippen molar-refractivity contribution in [2.45, 2.75) is 19.8 Å². The van der Waals surface area contributed by atoms with E-state index in [1.807, 2.05) is 49.4 Å². The summed E-state index contributed by atoms with van der Waals surface area (Å²) in [7, 11) is 1.67. The summed E-state index contributed by atoms with van der Waals surface area (Å²) in [6, 6.07) is 20.3. The number of carbonyl (C=O) groups is 1. The molecular weight excluding hydrogens is 386 g/mol. The molecule has 1 aliphatic heterocycles. The van der Waals surface area contributed by atoms with Crippen molar-refractivity contribution in [3.05, 3.63) is 66.2 Å². The molecule has 1 saturated heterocycles. The number of benzene rings is 3. The number of fused-ring (bicyclic) bond motifs is 1. The van der Waals surface area contributed by atoms with E-state index in [2.05, 4.69) is 40.2 Å². The summed E-state index contributed by atoms with van der Waals surface area (Å²) in [5.41, 5.74) is 2.99. The second kappa shape index (κ2) is 9.40. The smallest absolute Gasteiger partial charge is 0.231 e. The van der Waals surface area contributed by atoms with Crippen molar-refractivity contribution in [2.24, 2.45) is 0 Å². The standard InChI is InChI=1S/C26H31N3O2/c1-4-28-13-15-29(16-14-28)25-8-6-5-7-24(25)27-26(30)19(2)20-9-10-22-18-23(31-3)12-11-21(22)17-20/h5-12,17-19H,4,13-16H2,1-3H3,(H,27,30)/t19-/m1/s1. The Bertz CT molecular complexity index is 1060. The van der Waals surface area contributed by atoms with Gasteiger partial charge in [-0.25, -0.2) is 0 Å². The summed E-state index contributed by atoms with van der Waals surface area (Å²) in [5, 5.41) is 5.39. The molecule has 0 saturated carbocycles. The summed E-state index contributed by atoms with van der Waals surface area (Å²) >= 11 is 0. The fourth-order valence-electron chi connectivity index (χ4n) is 4.19. The topological polar surface area (TPSA) is 44.8 Å². The zero-order valence-corrected chi connectivity index (χ0v) is 18.6. The Kier molecular flexibility index (Phi) is 6.42. The third kappa shape index (κ3) is 4.67. The Hall–Kier alpha value is -3.05. The molecule has 5 heteroatoms. The maximum absolute atomic E-state index is 13.1. The van der Waals surface area contributed by atoms with E-state index in [9.17, 15) is 4.79 Å². The van der Waals surface area contributed by atoms with Crippen LogP contribution < -0.4 is 15.0 Å². The summed E-state index contributed by atoms with van der Waals surface area (Å²) in [4.78, 5) is 17.9. The fourth-order valence-corrected chi connectivity index (χ4v) is 4.19. The van der Waals surface area contributed by atoms with E-state index in [0.717, 1.165) is 66.2 Å². The van der Waals surface area contributed by atoms with Crippen LogP contribution in [-0.2, 0) is 4.79 Å². The van der Waals surface area contributed by atoms with E-state index in [4.69, 9.17) is 4.74 Å². The molecule has 0 spiro atoms. The van der Waals surface area contributed by atoms with Crippen molar-refractivity contribution in [1.82, 2.24) is 4.90 Å². The molecule has 0 aliphatic carbocycles. The summed E-state index contributed by atoms with van der Waals surface area (Å²) < 4.78 is 5.31. The van der Waals surface area contributed by atoms with Crippen molar-refractivity contribution in [3.63, 3.8) is 0 Å². The summed E-state index contributed by atoms with van der Waals surface area (Å²) in [5.74, 6) is 0.589. The van der Waals surface area contributed by atoms with Crippen LogP contribution in [0.3, 0.4) is 0 Å². The molecular formula is C26H31N3O2. The average molecular weight is 418 g/mol. The van der Waals surface area contributed by atoms with Crippen LogP contribution in [0, 0.1) is 0 Å². The monoisotopic (exact) mass is 417 g/mol. The van der Waals surface area contributed by atoms with Gasteiger partial charge >= 0.3 is 0 Å². The number of anilines is 2. The predicted molar refractivity (Wildman–Crippen MR) is 128 cm³/mol. The van der Waals surface area contributed by atoms with Crippen LogP contribution in [0.5, 0.6) is 5.75 Å². The number of methoxy groups -OCH3 is 1. The highest BCUT2D eigenvalue weighted by Gasteiger charge is 2.21. The third-order valence-corrected chi connectivity index (χ3v) is 6.29. The zero-order chi connectivity index (χ0) is 21.8. The van der Waals surface area contributed by atoms with Gasteiger partial charge in [0.2, 0.25) is 5.91 Å². The number of amides is 1. The number of rotatable bonds is 6. The van der Waals surface area contributed by atoms with Gasteiger partial charge in [0.05, 0.1) is 24.4 Å². The first-order valence-electron chi connectivity index (χ1n) is 11.0. The molecule has 5 nitrogen and oxygen atoms in total. The first kappa shape index (κ1) is 21.2. The van der Waals surface area contributed by atoms with Crippen molar-refractivity contribution in [1.29, 1.82) is 0 Å². The number of para-hydroxylation sites is 2. The minimum absolute atomic E-state index is 0.00695. The van der Waals surface area contributed by atoms with Crippen LogP contribution in [0.2, 0.25) is 0 Å². The number of nitrogens with zero attached hydrogens (tertiary/aromatic N) is 2. The molecule has 1 heterocycles. The van der Waals surface area contributed by atoms with E-state index in [1.54, 1.807) is 7.11 Å². The Morgan fingerprint density at radius 3 is 2.45 bits per heavy atom. The van der Waals surface area contributed by atoms with Crippen LogP contribution in [0.4, 0.5) is 11.4 Å². The fraction of sp³-hybridized carbons (Fsp3) is 0.346. The van der Waals surface area contributed by atoms with Gasteiger partial charge in [-0.2, -0.15) is 0 Å². The van der Waals surface area contributed by atoms with Gasteiger partial charge in [-0.15, -0.1) is 0 Å². The minimum Gasteiger partial charge on any atom is -0.497 e. The number of hydrogen-bond acceptors (Lipinski definition) is 4. The molecule has 3 aromatic rings. The quantitative estimate of drug-likeness (QED) is 0.630. The Labute approximate surface area is 184 Å². The van der Waals surface area contributed by atoms with Crippen LogP contribution in [0.15, 0.2) is 60.7 Å². The molecule has 4 rings (SSSR count). The predicted octanol–water partition coefficient (Wildman–Crippen LogP) is 4.73. The van der Waals surface area contributed by atoms with Crippen molar-refractivity contribution in [3.8, 4) is 5.75 Å². The van der Waals surface area contributed by atoms with Crippen LogP contribution >= 0.6 is 0 Å². The second-order valence-corrected chi connectivity index (χ2v) is 8.12. The molecule has 0 bridgehead atoms. The minimum atomic E-state index is -0.253. The molecule has 3 aromatic carbocycles. The first-order chi connectivity index (χ1) is 15.1. The first-order valence-corrected chi connectivity index (χ1v) is 11.0. The SMILES string of the molecule is CCN1CCN(c2ccccc2NC(=O)[C@H](C)c2ccc3cc(OC)ccc3c2)CC1. The van der Waals surface area contributed by atoms with E-state index in [0.29, 0.717) is 0 Å². The lowest BCUT2D eigenvalue weighted by Gasteiger charge is -2.36. The molecule has 1 N–H and O–H groups in total. The second-order valence-electron chi connectivity index (χ2n) is 8.12. The number of likely N-dealkylation sites (N-methyl/N-ethyl adjacent to an activating group) is 1. The van der Waals surface area contributed by atoms with Gasteiger partial charge in [-0.05, 0) is 54.1 Å². The van der Waals surface area contributed by atoms with E-state index in [-0.39, 0.29) is 11.8 Å². The van der Waals surface area contributed by atoms with Crippen molar-refractivity contribution >= 4 is 28.1 Å². The zero-order valence-electron chi connectivity index (χ0n) is 18.6. The van der Waals surface area contributed by atoms with Gasteiger partial charge < -0.3 is 19.9 Å². The molecule has 1 aliphatic rings. The highest BCUT2D eigenvalue weighted by atomic mass is 16.5. The molecule has 31 heavy (non-hydrogen) atoms. The Morgan fingerprint density at radius 1 is 1.00 bits per heavy atom. The molecule has 0 radical (unpaired) electrons. The summed E-state index contributed by atoms with van der Waals surface area (Å²) in [6.07, 6.45) is 0. The molecule has 1 fully saturated rings. The molecule has 0 aromatic heterocycles. The van der Waals surface area contributed by atoms with Crippen LogP contribution in [-0.4, -0.2) is 50.6 Å². The van der Waals surface area contributed by atoms with Gasteiger partial charge in [0, 0.05) is 26.2 Å². The number of piperazine rings is 1. The average Bonchev–Trinajstić information content (AvgIpc) is 2.83. The molecule has 0 unspecified atom stereocenters. The molecule has 1 amide bonds. The lowest BCUT2D eigenvalue weighted by atomic mass is 9.97. The highest BCUT2D eigenvalue weighted by Crippen LogP contribution is 2.29. The van der Waals surface area contributed by atoms with E-state index >= 15 is 0 Å². The maximum Gasteiger partial charge on any atom is 0.231 e. The normalized spacial score (nSPS) is 15.6. The van der Waals surface area contributed by atoms with E-state index < -0.39 is 0 Å². The van der Waals surface area contributed by atoms with Gasteiger partial charge in [-0.3, -0.25) is 4.79 Å². The van der Waals surface area contributed by atoms with Gasteiger partial charge in [0.15, 0.2) is 0 Å². The number of carbonyl (C=O) groups excluding carboxylic acids is 1. The maximum atomic E-state index is 13.1. The molecule has 1 atom stereocenters. The Balaban J connectivity index is 1.50. The van der Waals surface area contributed by atoms with Gasteiger partial charge in [0.1, 0.15) is 5.75 Å². The summed E-state index contributed by atoms with van der Waals surface area (Å²) in [6.45, 7) is 9.31. The lowest BCUT2D eigenvalue weighted by molar-refractivity contribution is -0.117. The number of nitrogens with one attached hydrogen (secondary N) is 1. The van der Waals surface area contributed by atoms with Crippen LogP contribution in [0.1, 0.15) is 25.3 Å². The molecule has 162 valence electrons. The Morgan fingerprint density at radius 2 is 1.71 bits per heavy atom. The third-order valence-electron chi connectivity index (χ3n) is 6.29. The highest BCUT2D eigenvalue weighted by molar-refractivity contribution is 5.99. The number of hydrogen-bond donors (Lipinski definition) is 1. The van der Waals surface area contributed by atoms with Crippen molar-refractivity contribution in [2.75, 3.05) is 50.1 Å². The van der Waals surface area contributed by atoms with E-state index in [1.165, 1.54) is 0 Å². The van der Waals surface area contributed by atoms with Gasteiger partial charge in [0.25, 0.3) is 0 Å². The van der Waals surface area contributed by atoms with Crippen LogP contribution in [0.25, 0.3) is 10.8 Å². The lowest BCUT2D eigenvalue weighted by Crippen LogP contribution is -2.46. The van der Waals surface area contributed by atoms with Crippen molar-refractivity contribution < 1.29 is 9.53 Å².